The van der Waals surface area contributed by atoms with Gasteiger partial charge in [-0.2, -0.15) is 4.31 Å². The number of sulfonamides is 1. The van der Waals surface area contributed by atoms with Crippen LogP contribution in [0.25, 0.3) is 10.2 Å². The highest BCUT2D eigenvalue weighted by molar-refractivity contribution is 9.10. The molecule has 0 aliphatic carbocycles. The lowest BCUT2D eigenvalue weighted by Gasteiger charge is -2.31. The number of aromatic nitrogens is 1. The van der Waals surface area contributed by atoms with E-state index in [1.807, 2.05) is 18.2 Å². The molecule has 1 fully saturated rings. The Labute approximate surface area is 179 Å². The van der Waals surface area contributed by atoms with Crippen molar-refractivity contribution in [3.05, 3.63) is 52.8 Å². The molecule has 0 spiro atoms. The van der Waals surface area contributed by atoms with Crippen LogP contribution in [0.4, 0.5) is 9.52 Å². The third kappa shape index (κ3) is 4.20. The van der Waals surface area contributed by atoms with E-state index in [4.69, 9.17) is 0 Å². The lowest BCUT2D eigenvalue weighted by Crippen LogP contribution is -2.43. The molecule has 2 aromatic carbocycles. The minimum absolute atomic E-state index is 0.0241. The maximum atomic E-state index is 13.1. The fourth-order valence-corrected chi connectivity index (χ4v) is 6.31. The van der Waals surface area contributed by atoms with Gasteiger partial charge in [0.05, 0.1) is 21.0 Å². The Bertz CT molecular complexity index is 1170. The van der Waals surface area contributed by atoms with Crippen LogP contribution in [0.5, 0.6) is 0 Å². The molecule has 3 aromatic rings. The lowest BCUT2D eigenvalue weighted by molar-refractivity contribution is -0.120. The molecule has 1 saturated heterocycles. The van der Waals surface area contributed by atoms with Crippen molar-refractivity contribution < 1.29 is 17.6 Å². The summed E-state index contributed by atoms with van der Waals surface area (Å²) in [5, 5.41) is 3.31. The smallest absolute Gasteiger partial charge is 0.243 e. The predicted molar refractivity (Wildman–Crippen MR) is 114 cm³/mol. The molecule has 10 heteroatoms. The number of benzene rings is 2. The van der Waals surface area contributed by atoms with Crippen molar-refractivity contribution in [1.82, 2.24) is 9.29 Å². The highest BCUT2D eigenvalue weighted by Gasteiger charge is 2.33. The van der Waals surface area contributed by atoms with Gasteiger partial charge in [0.1, 0.15) is 5.82 Å². The van der Waals surface area contributed by atoms with Crippen LogP contribution in [0.1, 0.15) is 12.8 Å². The van der Waals surface area contributed by atoms with Crippen molar-refractivity contribution in [2.75, 3.05) is 18.4 Å². The summed E-state index contributed by atoms with van der Waals surface area (Å²) in [5.41, 5.74) is 0.775. The molecule has 6 nitrogen and oxygen atoms in total. The number of anilines is 1. The Hall–Kier alpha value is -1.88. The first-order valence-corrected chi connectivity index (χ1v) is 12.0. The molecule has 0 saturated carbocycles. The van der Waals surface area contributed by atoms with Crippen LogP contribution in [-0.2, 0) is 14.8 Å². The summed E-state index contributed by atoms with van der Waals surface area (Å²) in [6.45, 7) is 0.414. The zero-order valence-corrected chi connectivity index (χ0v) is 18.4. The molecule has 1 atom stereocenters. The maximum absolute atomic E-state index is 13.1. The van der Waals surface area contributed by atoms with Gasteiger partial charge in [-0.05, 0) is 65.2 Å². The third-order valence-corrected chi connectivity index (χ3v) is 8.26. The van der Waals surface area contributed by atoms with Crippen molar-refractivity contribution in [2.45, 2.75) is 17.7 Å². The number of hydrogen-bond acceptors (Lipinski definition) is 5. The summed E-state index contributed by atoms with van der Waals surface area (Å²) >= 11 is 4.81. The van der Waals surface area contributed by atoms with Gasteiger partial charge >= 0.3 is 0 Å². The summed E-state index contributed by atoms with van der Waals surface area (Å²) in [6, 6.07) is 10.4. The Morgan fingerprint density at radius 2 is 2.00 bits per heavy atom. The lowest BCUT2D eigenvalue weighted by atomic mass is 9.99. The van der Waals surface area contributed by atoms with Gasteiger partial charge in [0.25, 0.3) is 0 Å². The summed E-state index contributed by atoms with van der Waals surface area (Å²) in [4.78, 5) is 17.2. The second-order valence-corrected chi connectivity index (χ2v) is 10.6. The molecule has 1 aliphatic heterocycles. The topological polar surface area (TPSA) is 79.4 Å². The number of nitrogens with one attached hydrogen (secondary N) is 1. The van der Waals surface area contributed by atoms with Gasteiger partial charge in [-0.25, -0.2) is 17.8 Å². The van der Waals surface area contributed by atoms with Gasteiger partial charge in [-0.3, -0.25) is 4.79 Å². The Morgan fingerprint density at radius 1 is 1.24 bits per heavy atom. The number of nitrogens with zero attached hydrogens (tertiary/aromatic N) is 2. The van der Waals surface area contributed by atoms with Crippen LogP contribution in [0.3, 0.4) is 0 Å². The van der Waals surface area contributed by atoms with E-state index in [1.54, 1.807) is 0 Å². The molecule has 0 bridgehead atoms. The number of carbonyl (C=O) groups excluding carboxylic acids is 1. The number of fused-ring (bicyclic) bond motifs is 1. The summed E-state index contributed by atoms with van der Waals surface area (Å²) in [6.07, 6.45) is 1.17. The van der Waals surface area contributed by atoms with Crippen molar-refractivity contribution in [3.8, 4) is 0 Å². The first kappa shape index (κ1) is 20.4. The largest absolute Gasteiger partial charge is 0.302 e. The second-order valence-electron chi connectivity index (χ2n) is 6.75. The van der Waals surface area contributed by atoms with Crippen molar-refractivity contribution in [2.24, 2.45) is 5.92 Å². The predicted octanol–water partition coefficient (Wildman–Crippen LogP) is 4.24. The van der Waals surface area contributed by atoms with Crippen molar-refractivity contribution in [1.29, 1.82) is 0 Å². The molecule has 1 aliphatic rings. The van der Waals surface area contributed by atoms with Gasteiger partial charge in [0.2, 0.25) is 15.9 Å². The van der Waals surface area contributed by atoms with Gasteiger partial charge in [0.15, 0.2) is 5.13 Å². The van der Waals surface area contributed by atoms with Gasteiger partial charge in [-0.1, -0.05) is 17.4 Å². The molecular weight excluding hydrogens is 481 g/mol. The van der Waals surface area contributed by atoms with E-state index in [-0.39, 0.29) is 17.3 Å². The van der Waals surface area contributed by atoms with E-state index >= 15 is 0 Å². The van der Waals surface area contributed by atoms with Gasteiger partial charge in [0, 0.05) is 17.6 Å². The molecule has 1 N–H and O–H groups in total. The zero-order chi connectivity index (χ0) is 20.6. The standard InChI is InChI=1S/C19H17BrFN3O3S2/c20-15-4-1-5-16-17(15)22-19(28-16)23-18(25)12-3-2-10-24(11-12)29(26,27)14-8-6-13(21)7-9-14/h1,4-9,12H,2-3,10-11H2,(H,22,23,25). The Kier molecular flexibility index (Phi) is 5.69. The molecule has 1 unspecified atom stereocenters. The minimum atomic E-state index is -3.78. The van der Waals surface area contributed by atoms with E-state index in [1.165, 1.54) is 27.8 Å². The van der Waals surface area contributed by atoms with Crippen LogP contribution in [-0.4, -0.2) is 36.7 Å². The second kappa shape index (κ2) is 8.10. The number of carbonyl (C=O) groups is 1. The summed E-state index contributed by atoms with van der Waals surface area (Å²) in [7, 11) is -3.78. The first-order valence-electron chi connectivity index (χ1n) is 8.96. The zero-order valence-electron chi connectivity index (χ0n) is 15.1. The maximum Gasteiger partial charge on any atom is 0.243 e. The Morgan fingerprint density at radius 3 is 2.72 bits per heavy atom. The average molecular weight is 498 g/mol. The van der Waals surface area contributed by atoms with Crippen molar-refractivity contribution in [3.63, 3.8) is 0 Å². The molecule has 1 aromatic heterocycles. The van der Waals surface area contributed by atoms with Gasteiger partial charge in [-0.15, -0.1) is 0 Å². The first-order chi connectivity index (χ1) is 13.8. The van der Waals surface area contributed by atoms with E-state index in [0.29, 0.717) is 24.5 Å². The van der Waals surface area contributed by atoms with Crippen LogP contribution in [0.2, 0.25) is 0 Å². The monoisotopic (exact) mass is 497 g/mol. The number of piperidine rings is 1. The quantitative estimate of drug-likeness (QED) is 0.584. The number of para-hydroxylation sites is 1. The SMILES string of the molecule is O=C(Nc1nc2c(Br)cccc2s1)C1CCCN(S(=O)(=O)c2ccc(F)cc2)C1. The molecule has 152 valence electrons. The molecule has 29 heavy (non-hydrogen) atoms. The average Bonchev–Trinajstić information content (AvgIpc) is 3.12. The number of halogens is 2. The van der Waals surface area contributed by atoms with E-state index < -0.39 is 21.8 Å². The van der Waals surface area contributed by atoms with Crippen LogP contribution in [0, 0.1) is 11.7 Å². The van der Waals surface area contributed by atoms with Crippen molar-refractivity contribution >= 4 is 58.5 Å². The molecule has 2 heterocycles. The minimum Gasteiger partial charge on any atom is -0.302 e. The van der Waals surface area contributed by atoms with Crippen LogP contribution >= 0.6 is 27.3 Å². The number of amides is 1. The highest BCUT2D eigenvalue weighted by Crippen LogP contribution is 2.32. The van der Waals surface area contributed by atoms with Crippen LogP contribution in [0.15, 0.2) is 51.8 Å². The molecule has 4 rings (SSSR count). The van der Waals surface area contributed by atoms with Gasteiger partial charge < -0.3 is 5.32 Å². The fourth-order valence-electron chi connectivity index (χ4n) is 3.31. The molecule has 0 radical (unpaired) electrons. The summed E-state index contributed by atoms with van der Waals surface area (Å²) < 4.78 is 41.9. The molecular formula is C19H17BrFN3O3S2. The highest BCUT2D eigenvalue weighted by atomic mass is 79.9. The third-order valence-electron chi connectivity index (χ3n) is 4.81. The Balaban J connectivity index is 1.49. The fraction of sp³-hybridized carbons (Fsp3) is 0.263. The number of hydrogen-bond donors (Lipinski definition) is 1. The van der Waals surface area contributed by atoms with Crippen LogP contribution < -0.4 is 5.32 Å². The van der Waals surface area contributed by atoms with E-state index in [9.17, 15) is 17.6 Å². The normalized spacial score (nSPS) is 18.1. The van der Waals surface area contributed by atoms with E-state index in [2.05, 4.69) is 26.2 Å². The number of rotatable bonds is 4. The van der Waals surface area contributed by atoms with E-state index in [0.717, 1.165) is 26.8 Å². The molecule has 1 amide bonds. The summed E-state index contributed by atoms with van der Waals surface area (Å²) in [5.74, 6) is -1.23. The number of thiazole rings is 1.